The molecule has 0 aliphatic heterocycles. The van der Waals surface area contributed by atoms with Gasteiger partial charge in [-0.3, -0.25) is 0 Å². The first kappa shape index (κ1) is 12.8. The van der Waals surface area contributed by atoms with Crippen LogP contribution in [0.2, 0.25) is 0 Å². The van der Waals surface area contributed by atoms with Crippen molar-refractivity contribution < 1.29 is 0 Å². The Hall–Kier alpha value is -0.250. The minimum atomic E-state index is 0. The van der Waals surface area contributed by atoms with Crippen LogP contribution in [0.15, 0.2) is 0 Å². The summed E-state index contributed by atoms with van der Waals surface area (Å²) in [5.74, 6) is 0.993. The van der Waals surface area contributed by atoms with E-state index in [4.69, 9.17) is 5.73 Å². The standard InChI is InChI=1S/C8H13N3.2ClH/c1-5-10-7-4-2-3-6(9)8(7)11-5;;/h6H,2-4,9H2,1H3,(H,10,11);2*1H. The summed E-state index contributed by atoms with van der Waals surface area (Å²) in [6.45, 7) is 1.98. The highest BCUT2D eigenvalue weighted by Gasteiger charge is 2.19. The van der Waals surface area contributed by atoms with Gasteiger partial charge in [-0.1, -0.05) is 0 Å². The van der Waals surface area contributed by atoms with E-state index in [1.165, 1.54) is 12.1 Å². The molecule has 0 bridgehead atoms. The summed E-state index contributed by atoms with van der Waals surface area (Å²) >= 11 is 0. The van der Waals surface area contributed by atoms with E-state index in [2.05, 4.69) is 9.97 Å². The van der Waals surface area contributed by atoms with Crippen LogP contribution in [0.4, 0.5) is 0 Å². The minimum Gasteiger partial charge on any atom is -0.346 e. The first-order valence-corrected chi connectivity index (χ1v) is 4.08. The Morgan fingerprint density at radius 1 is 1.46 bits per heavy atom. The molecule has 1 unspecified atom stereocenters. The Bertz CT molecular complexity index is 272. The number of hydrogen-bond acceptors (Lipinski definition) is 2. The van der Waals surface area contributed by atoms with Crippen LogP contribution in [0.1, 0.15) is 36.1 Å². The summed E-state index contributed by atoms with van der Waals surface area (Å²) in [5.41, 5.74) is 8.22. The lowest BCUT2D eigenvalue weighted by Gasteiger charge is -2.15. The number of nitrogens with one attached hydrogen (secondary N) is 1. The number of halogens is 2. The predicted molar refractivity (Wildman–Crippen MR) is 57.7 cm³/mol. The third-order valence-corrected chi connectivity index (χ3v) is 2.22. The van der Waals surface area contributed by atoms with E-state index in [1.54, 1.807) is 0 Å². The molecule has 5 heteroatoms. The molecule has 1 aliphatic carbocycles. The fourth-order valence-corrected chi connectivity index (χ4v) is 1.69. The van der Waals surface area contributed by atoms with Gasteiger partial charge in [0.15, 0.2) is 0 Å². The van der Waals surface area contributed by atoms with E-state index in [-0.39, 0.29) is 30.9 Å². The monoisotopic (exact) mass is 223 g/mol. The molecule has 0 fully saturated rings. The van der Waals surface area contributed by atoms with Crippen LogP contribution < -0.4 is 5.73 Å². The lowest BCUT2D eigenvalue weighted by atomic mass is 9.97. The van der Waals surface area contributed by atoms with Gasteiger partial charge in [0.25, 0.3) is 0 Å². The molecule has 0 spiro atoms. The minimum absolute atomic E-state index is 0. The van der Waals surface area contributed by atoms with Crippen molar-refractivity contribution in [3.63, 3.8) is 0 Å². The van der Waals surface area contributed by atoms with Crippen LogP contribution in [0.3, 0.4) is 0 Å². The van der Waals surface area contributed by atoms with E-state index in [0.29, 0.717) is 0 Å². The molecule has 1 aromatic rings. The second-order valence-electron chi connectivity index (χ2n) is 3.18. The highest BCUT2D eigenvalue weighted by molar-refractivity contribution is 5.85. The molecule has 0 radical (unpaired) electrons. The number of fused-ring (bicyclic) bond motifs is 1. The number of aromatic nitrogens is 2. The maximum Gasteiger partial charge on any atom is 0.103 e. The molecular formula is C8H15Cl2N3. The molecule has 1 atom stereocenters. The molecule has 1 aliphatic rings. The lowest BCUT2D eigenvalue weighted by Crippen LogP contribution is -2.17. The zero-order valence-corrected chi connectivity index (χ0v) is 9.17. The molecular weight excluding hydrogens is 209 g/mol. The predicted octanol–water partition coefficient (Wildman–Crippen LogP) is 1.90. The first-order valence-electron chi connectivity index (χ1n) is 4.08. The van der Waals surface area contributed by atoms with E-state index in [0.717, 1.165) is 24.4 Å². The van der Waals surface area contributed by atoms with Gasteiger partial charge in [0, 0.05) is 11.7 Å². The van der Waals surface area contributed by atoms with Gasteiger partial charge < -0.3 is 10.7 Å². The Labute approximate surface area is 90.3 Å². The number of aryl methyl sites for hydroxylation is 2. The van der Waals surface area contributed by atoms with Gasteiger partial charge in [-0.05, 0) is 26.2 Å². The SMILES string of the molecule is Cc1nc2c([nH]1)CCCC2N.Cl.Cl. The van der Waals surface area contributed by atoms with Crippen molar-refractivity contribution in [3.05, 3.63) is 17.2 Å². The second kappa shape index (κ2) is 4.84. The molecule has 2 rings (SSSR count). The van der Waals surface area contributed by atoms with Crippen LogP contribution in [-0.4, -0.2) is 9.97 Å². The number of aromatic amines is 1. The number of rotatable bonds is 0. The summed E-state index contributed by atoms with van der Waals surface area (Å²) < 4.78 is 0. The van der Waals surface area contributed by atoms with Crippen LogP contribution in [-0.2, 0) is 6.42 Å². The van der Waals surface area contributed by atoms with E-state index < -0.39 is 0 Å². The maximum absolute atomic E-state index is 5.88. The van der Waals surface area contributed by atoms with E-state index in [9.17, 15) is 0 Å². The fourth-order valence-electron chi connectivity index (χ4n) is 1.69. The van der Waals surface area contributed by atoms with Crippen LogP contribution in [0.25, 0.3) is 0 Å². The average Bonchev–Trinajstić information content (AvgIpc) is 2.31. The zero-order chi connectivity index (χ0) is 7.84. The normalized spacial score (nSPS) is 19.7. The Kier molecular flexibility index (Phi) is 4.75. The molecule has 0 saturated carbocycles. The van der Waals surface area contributed by atoms with Crippen molar-refractivity contribution in [2.75, 3.05) is 0 Å². The summed E-state index contributed by atoms with van der Waals surface area (Å²) in [5, 5.41) is 0. The van der Waals surface area contributed by atoms with Gasteiger partial charge >= 0.3 is 0 Å². The number of hydrogen-bond donors (Lipinski definition) is 2. The smallest absolute Gasteiger partial charge is 0.103 e. The van der Waals surface area contributed by atoms with Crippen molar-refractivity contribution in [1.82, 2.24) is 9.97 Å². The molecule has 3 nitrogen and oxygen atoms in total. The number of H-pyrrole nitrogens is 1. The van der Waals surface area contributed by atoms with Gasteiger partial charge in [0.2, 0.25) is 0 Å². The molecule has 76 valence electrons. The van der Waals surface area contributed by atoms with Crippen molar-refractivity contribution in [2.45, 2.75) is 32.2 Å². The third kappa shape index (κ3) is 2.36. The van der Waals surface area contributed by atoms with Crippen molar-refractivity contribution in [1.29, 1.82) is 0 Å². The molecule has 0 aromatic carbocycles. The molecule has 1 aromatic heterocycles. The number of imidazole rings is 1. The fraction of sp³-hybridized carbons (Fsp3) is 0.625. The first-order chi connectivity index (χ1) is 5.27. The largest absolute Gasteiger partial charge is 0.346 e. The number of nitrogens with two attached hydrogens (primary N) is 1. The number of nitrogens with zero attached hydrogens (tertiary/aromatic N) is 1. The highest BCUT2D eigenvalue weighted by Crippen LogP contribution is 2.25. The Morgan fingerprint density at radius 2 is 2.15 bits per heavy atom. The highest BCUT2D eigenvalue weighted by atomic mass is 35.5. The maximum atomic E-state index is 5.88. The topological polar surface area (TPSA) is 54.7 Å². The summed E-state index contributed by atoms with van der Waals surface area (Å²) in [4.78, 5) is 7.59. The van der Waals surface area contributed by atoms with Crippen LogP contribution in [0, 0.1) is 6.92 Å². The van der Waals surface area contributed by atoms with Crippen molar-refractivity contribution in [2.24, 2.45) is 5.73 Å². The van der Waals surface area contributed by atoms with Crippen molar-refractivity contribution >= 4 is 24.8 Å². The molecule has 0 saturated heterocycles. The zero-order valence-electron chi connectivity index (χ0n) is 7.54. The molecule has 13 heavy (non-hydrogen) atoms. The van der Waals surface area contributed by atoms with Gasteiger partial charge in [-0.25, -0.2) is 4.98 Å². The van der Waals surface area contributed by atoms with Gasteiger partial charge in [-0.15, -0.1) is 24.8 Å². The third-order valence-electron chi connectivity index (χ3n) is 2.22. The van der Waals surface area contributed by atoms with Gasteiger partial charge in [0.05, 0.1) is 5.69 Å². The summed E-state index contributed by atoms with van der Waals surface area (Å²) in [6, 6.07) is 0.170. The molecule has 1 heterocycles. The van der Waals surface area contributed by atoms with Crippen LogP contribution >= 0.6 is 24.8 Å². The summed E-state index contributed by atoms with van der Waals surface area (Å²) in [7, 11) is 0. The van der Waals surface area contributed by atoms with Crippen LogP contribution in [0.5, 0.6) is 0 Å². The second-order valence-corrected chi connectivity index (χ2v) is 3.18. The Morgan fingerprint density at radius 3 is 2.77 bits per heavy atom. The Balaban J connectivity index is 0.000000720. The average molecular weight is 224 g/mol. The van der Waals surface area contributed by atoms with Gasteiger partial charge in [0.1, 0.15) is 5.82 Å². The van der Waals surface area contributed by atoms with Crippen molar-refractivity contribution in [3.8, 4) is 0 Å². The van der Waals surface area contributed by atoms with Gasteiger partial charge in [-0.2, -0.15) is 0 Å². The van der Waals surface area contributed by atoms with E-state index >= 15 is 0 Å². The molecule has 0 amide bonds. The quantitative estimate of drug-likeness (QED) is 0.707. The lowest BCUT2D eigenvalue weighted by molar-refractivity contribution is 0.555. The summed E-state index contributed by atoms with van der Waals surface area (Å²) in [6.07, 6.45) is 3.39. The van der Waals surface area contributed by atoms with E-state index in [1.807, 2.05) is 6.92 Å². The molecule has 3 N–H and O–H groups in total.